The van der Waals surface area contributed by atoms with Crippen molar-refractivity contribution in [3.8, 4) is 0 Å². The van der Waals surface area contributed by atoms with Crippen LogP contribution >= 0.6 is 0 Å². The number of rotatable bonds is 14. The molecule has 0 amide bonds. The molecule has 0 rings (SSSR count). The fraction of sp³-hybridized carbons (Fsp3) is 1.00. The van der Waals surface area contributed by atoms with E-state index in [-0.39, 0.29) is 0 Å². The first kappa shape index (κ1) is 19.9. The van der Waals surface area contributed by atoms with Crippen molar-refractivity contribution in [3.63, 3.8) is 0 Å². The normalized spacial score (nSPS) is 16.1. The molecule has 20 heavy (non-hydrogen) atoms. The van der Waals surface area contributed by atoms with Crippen molar-refractivity contribution < 1.29 is 9.47 Å². The summed E-state index contributed by atoms with van der Waals surface area (Å²) in [4.78, 5) is 0. The standard InChI is InChI=1S/C18H38O2/c1-6-9-11-12-13-14-15-17(4)18(5,19-8-3)20-16-10-7-2/h17H,6-16H2,1-5H3. The Hall–Kier alpha value is -0.0800. The van der Waals surface area contributed by atoms with Gasteiger partial charge in [-0.2, -0.15) is 0 Å². The zero-order valence-electron chi connectivity index (χ0n) is 14.7. The first-order valence-electron chi connectivity index (χ1n) is 8.88. The molecule has 0 heterocycles. The lowest BCUT2D eigenvalue weighted by molar-refractivity contribution is -0.252. The molecule has 122 valence electrons. The van der Waals surface area contributed by atoms with Crippen molar-refractivity contribution in [1.29, 1.82) is 0 Å². The third kappa shape index (κ3) is 8.97. The van der Waals surface area contributed by atoms with Gasteiger partial charge in [0.25, 0.3) is 0 Å². The fourth-order valence-corrected chi connectivity index (χ4v) is 2.52. The fourth-order valence-electron chi connectivity index (χ4n) is 2.52. The first-order valence-corrected chi connectivity index (χ1v) is 8.88. The molecular formula is C18H38O2. The molecule has 0 aromatic carbocycles. The van der Waals surface area contributed by atoms with Crippen molar-refractivity contribution >= 4 is 0 Å². The lowest BCUT2D eigenvalue weighted by Gasteiger charge is -2.35. The van der Waals surface area contributed by atoms with Gasteiger partial charge in [-0.1, -0.05) is 65.7 Å². The Balaban J connectivity index is 3.97. The summed E-state index contributed by atoms with van der Waals surface area (Å²) in [6, 6.07) is 0. The zero-order valence-corrected chi connectivity index (χ0v) is 14.7. The molecular weight excluding hydrogens is 248 g/mol. The van der Waals surface area contributed by atoms with Crippen LogP contribution in [0.25, 0.3) is 0 Å². The maximum absolute atomic E-state index is 6.05. The maximum atomic E-state index is 6.05. The van der Waals surface area contributed by atoms with E-state index in [1.165, 1.54) is 51.4 Å². The average Bonchev–Trinajstić information content (AvgIpc) is 2.43. The van der Waals surface area contributed by atoms with Crippen LogP contribution in [0.15, 0.2) is 0 Å². The molecule has 0 aromatic rings. The van der Waals surface area contributed by atoms with Gasteiger partial charge in [0.15, 0.2) is 5.79 Å². The molecule has 0 aliphatic carbocycles. The SMILES string of the molecule is CCCCCCCCC(C)C(C)(OCC)OCCCC. The van der Waals surface area contributed by atoms with E-state index in [0.717, 1.165) is 19.6 Å². The second-order valence-corrected chi connectivity index (χ2v) is 6.11. The monoisotopic (exact) mass is 286 g/mol. The van der Waals surface area contributed by atoms with Crippen LogP contribution in [-0.2, 0) is 9.47 Å². The van der Waals surface area contributed by atoms with Gasteiger partial charge in [0.2, 0.25) is 0 Å². The molecule has 0 radical (unpaired) electrons. The molecule has 0 aromatic heterocycles. The van der Waals surface area contributed by atoms with Crippen molar-refractivity contribution in [1.82, 2.24) is 0 Å². The molecule has 2 atom stereocenters. The summed E-state index contributed by atoms with van der Waals surface area (Å²) in [6.07, 6.45) is 11.6. The second-order valence-electron chi connectivity index (χ2n) is 6.11. The smallest absolute Gasteiger partial charge is 0.167 e. The minimum atomic E-state index is -0.395. The molecule has 0 fully saturated rings. The quantitative estimate of drug-likeness (QED) is 0.290. The van der Waals surface area contributed by atoms with E-state index < -0.39 is 5.79 Å². The van der Waals surface area contributed by atoms with Gasteiger partial charge < -0.3 is 9.47 Å². The topological polar surface area (TPSA) is 18.5 Å². The van der Waals surface area contributed by atoms with Gasteiger partial charge >= 0.3 is 0 Å². The van der Waals surface area contributed by atoms with E-state index in [1.807, 2.05) is 0 Å². The lowest BCUT2D eigenvalue weighted by Crippen LogP contribution is -2.40. The largest absolute Gasteiger partial charge is 0.350 e. The molecule has 2 unspecified atom stereocenters. The molecule has 0 saturated heterocycles. The van der Waals surface area contributed by atoms with E-state index in [4.69, 9.17) is 9.47 Å². The Kier molecular flexibility index (Phi) is 12.6. The van der Waals surface area contributed by atoms with Gasteiger partial charge in [-0.3, -0.25) is 0 Å². The third-order valence-electron chi connectivity index (χ3n) is 4.20. The van der Waals surface area contributed by atoms with Gasteiger partial charge in [0, 0.05) is 12.5 Å². The van der Waals surface area contributed by atoms with Crippen LogP contribution in [-0.4, -0.2) is 19.0 Å². The predicted molar refractivity (Wildman–Crippen MR) is 88.0 cm³/mol. The third-order valence-corrected chi connectivity index (χ3v) is 4.20. The molecule has 0 aliphatic heterocycles. The van der Waals surface area contributed by atoms with Gasteiger partial charge in [0.1, 0.15) is 0 Å². The predicted octanol–water partition coefficient (Wildman–Crippen LogP) is 5.94. The summed E-state index contributed by atoms with van der Waals surface area (Å²) in [6.45, 7) is 12.4. The highest BCUT2D eigenvalue weighted by Gasteiger charge is 2.32. The Morgan fingerprint density at radius 2 is 1.40 bits per heavy atom. The highest BCUT2D eigenvalue weighted by atomic mass is 16.7. The van der Waals surface area contributed by atoms with Gasteiger partial charge in [-0.25, -0.2) is 0 Å². The van der Waals surface area contributed by atoms with Crippen LogP contribution in [0.3, 0.4) is 0 Å². The number of ether oxygens (including phenoxy) is 2. The second kappa shape index (κ2) is 12.6. The van der Waals surface area contributed by atoms with E-state index in [9.17, 15) is 0 Å². The van der Waals surface area contributed by atoms with E-state index in [0.29, 0.717) is 5.92 Å². The van der Waals surface area contributed by atoms with E-state index in [2.05, 4.69) is 34.6 Å². The summed E-state index contributed by atoms with van der Waals surface area (Å²) in [5, 5.41) is 0. The summed E-state index contributed by atoms with van der Waals surface area (Å²) < 4.78 is 12.0. The van der Waals surface area contributed by atoms with Crippen LogP contribution in [0.2, 0.25) is 0 Å². The van der Waals surface area contributed by atoms with E-state index >= 15 is 0 Å². The minimum Gasteiger partial charge on any atom is -0.350 e. The highest BCUT2D eigenvalue weighted by molar-refractivity contribution is 4.72. The van der Waals surface area contributed by atoms with Crippen LogP contribution in [0.5, 0.6) is 0 Å². The van der Waals surface area contributed by atoms with Gasteiger partial charge in [-0.05, 0) is 26.7 Å². The Morgan fingerprint density at radius 3 is 2.00 bits per heavy atom. The number of hydrogen-bond donors (Lipinski definition) is 0. The average molecular weight is 286 g/mol. The molecule has 0 saturated carbocycles. The Labute approximate surface area is 127 Å². The number of unbranched alkanes of at least 4 members (excludes halogenated alkanes) is 6. The summed E-state index contributed by atoms with van der Waals surface area (Å²) >= 11 is 0. The van der Waals surface area contributed by atoms with E-state index in [1.54, 1.807) is 0 Å². The Bertz CT molecular complexity index is 206. The number of hydrogen-bond acceptors (Lipinski definition) is 2. The van der Waals surface area contributed by atoms with Crippen molar-refractivity contribution in [2.24, 2.45) is 5.92 Å². The molecule has 0 aliphatic rings. The minimum absolute atomic E-state index is 0.395. The first-order chi connectivity index (χ1) is 9.60. The zero-order chi connectivity index (χ0) is 15.3. The van der Waals surface area contributed by atoms with Crippen molar-refractivity contribution in [2.45, 2.75) is 98.2 Å². The van der Waals surface area contributed by atoms with Gasteiger partial charge in [0.05, 0.1) is 6.61 Å². The van der Waals surface area contributed by atoms with Crippen LogP contribution < -0.4 is 0 Å². The summed E-state index contributed by atoms with van der Waals surface area (Å²) in [5.41, 5.74) is 0. The van der Waals surface area contributed by atoms with Crippen LogP contribution in [0.1, 0.15) is 92.4 Å². The van der Waals surface area contributed by atoms with Crippen LogP contribution in [0, 0.1) is 5.92 Å². The summed E-state index contributed by atoms with van der Waals surface area (Å²) in [5.74, 6) is 0.0679. The van der Waals surface area contributed by atoms with Crippen LogP contribution in [0.4, 0.5) is 0 Å². The maximum Gasteiger partial charge on any atom is 0.167 e. The molecule has 0 bridgehead atoms. The van der Waals surface area contributed by atoms with Gasteiger partial charge in [-0.15, -0.1) is 0 Å². The molecule has 2 heteroatoms. The highest BCUT2D eigenvalue weighted by Crippen LogP contribution is 2.28. The molecule has 0 spiro atoms. The summed E-state index contributed by atoms with van der Waals surface area (Å²) in [7, 11) is 0. The Morgan fingerprint density at radius 1 is 0.800 bits per heavy atom. The van der Waals surface area contributed by atoms with Crippen molar-refractivity contribution in [2.75, 3.05) is 13.2 Å². The lowest BCUT2D eigenvalue weighted by atomic mass is 9.94. The molecule has 2 nitrogen and oxygen atoms in total. The van der Waals surface area contributed by atoms with Crippen molar-refractivity contribution in [3.05, 3.63) is 0 Å². The molecule has 0 N–H and O–H groups in total.